The molecule has 0 radical (unpaired) electrons. The summed E-state index contributed by atoms with van der Waals surface area (Å²) in [5, 5.41) is 2.92. The standard InChI is InChI=1S/C6H7N.C5H5N.BH3.H2O/c1-2-4-6-7-5-3-1;1-2-4-6-5-3-1;;/h1-7H;1-5H;1H3;1H2. The second-order valence-corrected chi connectivity index (χ2v) is 2.29. The van der Waals surface area contributed by atoms with Crippen LogP contribution in [0.2, 0.25) is 0 Å². The summed E-state index contributed by atoms with van der Waals surface area (Å²) in [4.78, 5) is 3.78. The largest absolute Gasteiger partial charge is 0.412 e. The molecule has 3 nitrogen and oxygen atoms in total. The van der Waals surface area contributed by atoms with Gasteiger partial charge in [-0.15, -0.1) is 0 Å². The Labute approximate surface area is 92.1 Å². The van der Waals surface area contributed by atoms with Gasteiger partial charge < -0.3 is 10.8 Å². The number of aromatic nitrogens is 1. The van der Waals surface area contributed by atoms with E-state index in [1.54, 1.807) is 12.4 Å². The Balaban J connectivity index is 0. The van der Waals surface area contributed by atoms with Crippen LogP contribution in [0.15, 0.2) is 67.3 Å². The molecule has 2 rings (SSSR count). The van der Waals surface area contributed by atoms with Gasteiger partial charge in [0, 0.05) is 24.8 Å². The zero-order chi connectivity index (χ0) is 9.19. The minimum atomic E-state index is 0. The molecule has 15 heavy (non-hydrogen) atoms. The normalized spacial score (nSPS) is 10.7. The van der Waals surface area contributed by atoms with Crippen LogP contribution in [0.25, 0.3) is 0 Å². The highest BCUT2D eigenvalue weighted by molar-refractivity contribution is 5.75. The highest BCUT2D eigenvalue weighted by Crippen LogP contribution is 1.81. The third-order valence-electron chi connectivity index (χ3n) is 1.28. The van der Waals surface area contributed by atoms with Gasteiger partial charge in [0.1, 0.15) is 0 Å². The van der Waals surface area contributed by atoms with Crippen molar-refractivity contribution in [2.75, 3.05) is 0 Å². The van der Waals surface area contributed by atoms with E-state index in [1.807, 2.05) is 54.9 Å². The van der Waals surface area contributed by atoms with Crippen LogP contribution in [0, 0.1) is 0 Å². The first-order valence-corrected chi connectivity index (χ1v) is 4.09. The van der Waals surface area contributed by atoms with Crippen molar-refractivity contribution in [1.29, 1.82) is 0 Å². The van der Waals surface area contributed by atoms with Gasteiger partial charge in [0.15, 0.2) is 0 Å². The lowest BCUT2D eigenvalue weighted by molar-refractivity contribution is 0.824. The van der Waals surface area contributed by atoms with Crippen molar-refractivity contribution in [2.45, 2.75) is 0 Å². The summed E-state index contributed by atoms with van der Waals surface area (Å²) in [6.45, 7) is 0. The number of hydrogen-bond donors (Lipinski definition) is 1. The van der Waals surface area contributed by atoms with E-state index in [0.717, 1.165) is 0 Å². The van der Waals surface area contributed by atoms with Gasteiger partial charge >= 0.3 is 0 Å². The first kappa shape index (κ1) is 15.7. The maximum atomic E-state index is 3.78. The smallest absolute Gasteiger partial charge is 0.0814 e. The fraction of sp³-hybridized carbons (Fsp3) is 0. The lowest BCUT2D eigenvalue weighted by Gasteiger charge is -1.79. The van der Waals surface area contributed by atoms with Crippen LogP contribution in [0.4, 0.5) is 0 Å². The molecule has 0 spiro atoms. The van der Waals surface area contributed by atoms with Crippen LogP contribution in [0.3, 0.4) is 0 Å². The van der Waals surface area contributed by atoms with Crippen LogP contribution >= 0.6 is 0 Å². The topological polar surface area (TPSA) is 56.4 Å². The molecule has 0 saturated carbocycles. The van der Waals surface area contributed by atoms with Crippen LogP contribution in [0.1, 0.15) is 0 Å². The van der Waals surface area contributed by atoms with Crippen molar-refractivity contribution in [2.24, 2.45) is 0 Å². The molecular formula is C11H17BN2O. The Kier molecular flexibility index (Phi) is 12.7. The summed E-state index contributed by atoms with van der Waals surface area (Å²) in [6, 6.07) is 5.72. The third kappa shape index (κ3) is 10.1. The molecule has 0 aliphatic carbocycles. The van der Waals surface area contributed by atoms with Gasteiger partial charge in [-0.25, -0.2) is 0 Å². The van der Waals surface area contributed by atoms with E-state index >= 15 is 0 Å². The van der Waals surface area contributed by atoms with Crippen LogP contribution in [0.5, 0.6) is 0 Å². The van der Waals surface area contributed by atoms with Crippen molar-refractivity contribution < 1.29 is 5.48 Å². The van der Waals surface area contributed by atoms with E-state index in [2.05, 4.69) is 10.3 Å². The predicted octanol–water partition coefficient (Wildman–Crippen LogP) is 0.246. The fourth-order valence-corrected chi connectivity index (χ4v) is 0.719. The first-order valence-electron chi connectivity index (χ1n) is 4.09. The van der Waals surface area contributed by atoms with E-state index in [-0.39, 0.29) is 13.9 Å². The molecule has 80 valence electrons. The highest BCUT2D eigenvalue weighted by Gasteiger charge is 1.67. The SMILES string of the molecule is B.C1=CC=CNC=C1.O.c1ccncc1. The molecule has 0 fully saturated rings. The third-order valence-corrected chi connectivity index (χ3v) is 1.28. The molecule has 0 bridgehead atoms. The number of rotatable bonds is 0. The zero-order valence-corrected chi connectivity index (χ0v) is 7.80. The minimum absolute atomic E-state index is 0. The van der Waals surface area contributed by atoms with Gasteiger partial charge in [0.2, 0.25) is 0 Å². The highest BCUT2D eigenvalue weighted by atomic mass is 16.0. The lowest BCUT2D eigenvalue weighted by Crippen LogP contribution is -1.87. The molecule has 4 heteroatoms. The van der Waals surface area contributed by atoms with Gasteiger partial charge in [0.05, 0.1) is 8.41 Å². The summed E-state index contributed by atoms with van der Waals surface area (Å²) < 4.78 is 0. The van der Waals surface area contributed by atoms with Crippen LogP contribution < -0.4 is 5.32 Å². The minimum Gasteiger partial charge on any atom is -0.412 e. The van der Waals surface area contributed by atoms with E-state index in [0.29, 0.717) is 0 Å². The number of pyridine rings is 1. The first-order chi connectivity index (χ1) is 6.50. The monoisotopic (exact) mass is 204 g/mol. The molecule has 1 aliphatic rings. The van der Waals surface area contributed by atoms with Gasteiger partial charge in [-0.2, -0.15) is 0 Å². The quantitative estimate of drug-likeness (QED) is 0.615. The Bertz CT molecular complexity index is 256. The van der Waals surface area contributed by atoms with Crippen molar-refractivity contribution in [3.63, 3.8) is 0 Å². The molecule has 0 saturated heterocycles. The average molecular weight is 204 g/mol. The number of hydrogen-bond acceptors (Lipinski definition) is 2. The second-order valence-electron chi connectivity index (χ2n) is 2.29. The number of nitrogens with one attached hydrogen (secondary N) is 1. The molecule has 1 aromatic rings. The molecule has 0 atom stereocenters. The maximum absolute atomic E-state index is 3.78. The van der Waals surface area contributed by atoms with E-state index in [1.165, 1.54) is 0 Å². The maximum Gasteiger partial charge on any atom is 0.0814 e. The summed E-state index contributed by atoms with van der Waals surface area (Å²) in [7, 11) is 0. The summed E-state index contributed by atoms with van der Waals surface area (Å²) in [5.74, 6) is 0. The molecule has 0 amide bonds. The van der Waals surface area contributed by atoms with Crippen molar-refractivity contribution in [3.8, 4) is 0 Å². The molecule has 1 aromatic heterocycles. The molecular weight excluding hydrogens is 187 g/mol. The Morgan fingerprint density at radius 3 is 1.60 bits per heavy atom. The van der Waals surface area contributed by atoms with Gasteiger partial charge in [0.25, 0.3) is 0 Å². The summed E-state index contributed by atoms with van der Waals surface area (Å²) in [6.07, 6.45) is 15.1. The van der Waals surface area contributed by atoms with E-state index in [4.69, 9.17) is 0 Å². The second kappa shape index (κ2) is 12.2. The average Bonchev–Trinajstić information content (AvgIpc) is 2.53. The van der Waals surface area contributed by atoms with Crippen LogP contribution in [-0.2, 0) is 0 Å². The van der Waals surface area contributed by atoms with E-state index in [9.17, 15) is 0 Å². The fourth-order valence-electron chi connectivity index (χ4n) is 0.719. The van der Waals surface area contributed by atoms with Crippen molar-refractivity contribution in [3.05, 3.63) is 67.3 Å². The van der Waals surface area contributed by atoms with Crippen molar-refractivity contribution >= 4 is 8.41 Å². The van der Waals surface area contributed by atoms with Gasteiger partial charge in [-0.3, -0.25) is 4.98 Å². The summed E-state index contributed by atoms with van der Waals surface area (Å²) >= 11 is 0. The molecule has 3 N–H and O–H groups in total. The zero-order valence-electron chi connectivity index (χ0n) is 7.80. The number of nitrogens with zero attached hydrogens (tertiary/aromatic N) is 1. The van der Waals surface area contributed by atoms with E-state index < -0.39 is 0 Å². The molecule has 0 unspecified atom stereocenters. The van der Waals surface area contributed by atoms with Gasteiger partial charge in [-0.1, -0.05) is 18.2 Å². The Morgan fingerprint density at radius 1 is 0.733 bits per heavy atom. The van der Waals surface area contributed by atoms with Gasteiger partial charge in [-0.05, 0) is 24.3 Å². The molecule has 2 heterocycles. The number of allylic oxidation sites excluding steroid dienone is 4. The summed E-state index contributed by atoms with van der Waals surface area (Å²) in [5.41, 5.74) is 0. The predicted molar refractivity (Wildman–Crippen MR) is 68.3 cm³/mol. The Hall–Kier alpha value is -1.81. The Morgan fingerprint density at radius 2 is 1.27 bits per heavy atom. The molecule has 0 aromatic carbocycles. The van der Waals surface area contributed by atoms with Crippen LogP contribution in [-0.4, -0.2) is 18.9 Å². The molecule has 1 aliphatic heterocycles. The lowest BCUT2D eigenvalue weighted by atomic mass is 10.5. The van der Waals surface area contributed by atoms with Crippen molar-refractivity contribution in [1.82, 2.24) is 10.3 Å².